The van der Waals surface area contributed by atoms with E-state index in [2.05, 4.69) is 10.0 Å². The molecule has 0 aromatic heterocycles. The maximum Gasteiger partial charge on any atom is 0.240 e. The van der Waals surface area contributed by atoms with Gasteiger partial charge in [-0.05, 0) is 49.9 Å². The van der Waals surface area contributed by atoms with Crippen LogP contribution >= 0.6 is 0 Å². The quantitative estimate of drug-likeness (QED) is 0.689. The maximum absolute atomic E-state index is 12.3. The van der Waals surface area contributed by atoms with Gasteiger partial charge in [0.15, 0.2) is 0 Å². The van der Waals surface area contributed by atoms with E-state index in [1.54, 1.807) is 31.4 Å². The van der Waals surface area contributed by atoms with E-state index in [0.29, 0.717) is 24.9 Å². The second kappa shape index (κ2) is 8.67. The van der Waals surface area contributed by atoms with Crippen LogP contribution in [0.25, 0.3) is 0 Å². The Hall–Kier alpha value is -1.19. The Kier molecular flexibility index (Phi) is 6.52. The van der Waals surface area contributed by atoms with Crippen LogP contribution in [0.2, 0.25) is 0 Å². The van der Waals surface area contributed by atoms with Crippen molar-refractivity contribution in [1.29, 1.82) is 0 Å². The van der Waals surface area contributed by atoms with Crippen LogP contribution < -0.4 is 14.8 Å². The molecule has 2 fully saturated rings. The molecule has 0 aliphatic carbocycles. The van der Waals surface area contributed by atoms with E-state index >= 15 is 0 Å². The van der Waals surface area contributed by atoms with Gasteiger partial charge in [0.25, 0.3) is 0 Å². The summed E-state index contributed by atoms with van der Waals surface area (Å²) < 4.78 is 43.8. The minimum atomic E-state index is -3.50. The molecule has 7 nitrogen and oxygen atoms in total. The zero-order chi connectivity index (χ0) is 18.5. The summed E-state index contributed by atoms with van der Waals surface area (Å²) >= 11 is 0. The van der Waals surface area contributed by atoms with Crippen LogP contribution in [-0.2, 0) is 19.5 Å². The lowest BCUT2D eigenvalue weighted by molar-refractivity contribution is -0.140. The van der Waals surface area contributed by atoms with Gasteiger partial charge in [-0.25, -0.2) is 13.1 Å². The molecule has 2 N–H and O–H groups in total. The number of hydrogen-bond donors (Lipinski definition) is 2. The van der Waals surface area contributed by atoms with Gasteiger partial charge in [-0.15, -0.1) is 0 Å². The molecule has 0 bridgehead atoms. The van der Waals surface area contributed by atoms with Crippen LogP contribution in [0.3, 0.4) is 0 Å². The highest BCUT2D eigenvalue weighted by Gasteiger charge is 2.38. The fraction of sp³-hybridized carbons (Fsp3) is 0.667. The standard InChI is InChI=1S/C18H28N2O5S/c1-23-16-2-4-17(5-3-16)26(21,22)20-10-9-19-15-6-11-25-18(14-15)7-12-24-13-8-18/h2-5,15,19-20H,6-14H2,1H3. The predicted octanol–water partition coefficient (Wildman–Crippen LogP) is 1.29. The van der Waals surface area contributed by atoms with Crippen molar-refractivity contribution in [1.82, 2.24) is 10.0 Å². The first-order chi connectivity index (χ1) is 12.5. The van der Waals surface area contributed by atoms with E-state index in [1.165, 1.54) is 0 Å². The SMILES string of the molecule is COc1ccc(S(=O)(=O)NCCNC2CCOC3(CCOCC3)C2)cc1. The van der Waals surface area contributed by atoms with Gasteiger partial charge in [0.2, 0.25) is 10.0 Å². The topological polar surface area (TPSA) is 85.9 Å². The molecule has 1 unspecified atom stereocenters. The second-order valence-corrected chi connectivity index (χ2v) is 8.63. The Morgan fingerprint density at radius 3 is 2.58 bits per heavy atom. The molecule has 1 atom stereocenters. The molecule has 2 aliphatic heterocycles. The molecular weight excluding hydrogens is 356 g/mol. The van der Waals surface area contributed by atoms with Crippen LogP contribution in [0.15, 0.2) is 29.2 Å². The zero-order valence-electron chi connectivity index (χ0n) is 15.2. The molecule has 26 heavy (non-hydrogen) atoms. The Balaban J connectivity index is 1.44. The Morgan fingerprint density at radius 1 is 1.15 bits per heavy atom. The van der Waals surface area contributed by atoms with Gasteiger partial charge in [-0.3, -0.25) is 0 Å². The van der Waals surface area contributed by atoms with Crippen LogP contribution in [0, 0.1) is 0 Å². The van der Waals surface area contributed by atoms with E-state index in [0.717, 1.165) is 45.5 Å². The first-order valence-electron chi connectivity index (χ1n) is 9.12. The molecule has 1 aromatic carbocycles. The molecule has 146 valence electrons. The summed E-state index contributed by atoms with van der Waals surface area (Å²) in [5.74, 6) is 0.632. The first kappa shape index (κ1) is 19.6. The maximum atomic E-state index is 12.3. The number of nitrogens with one attached hydrogen (secondary N) is 2. The fourth-order valence-corrected chi connectivity index (χ4v) is 4.63. The third-order valence-corrected chi connectivity index (χ3v) is 6.59. The number of hydrogen-bond acceptors (Lipinski definition) is 6. The summed E-state index contributed by atoms with van der Waals surface area (Å²) in [5.41, 5.74) is -0.0588. The van der Waals surface area contributed by atoms with Gasteiger partial charge in [0.1, 0.15) is 5.75 Å². The first-order valence-corrected chi connectivity index (χ1v) is 10.6. The molecule has 1 spiro atoms. The van der Waals surface area contributed by atoms with Crippen LogP contribution in [-0.4, -0.2) is 60.1 Å². The molecule has 0 saturated carbocycles. The zero-order valence-corrected chi connectivity index (χ0v) is 16.0. The highest BCUT2D eigenvalue weighted by atomic mass is 32.2. The number of ether oxygens (including phenoxy) is 3. The average molecular weight is 384 g/mol. The van der Waals surface area contributed by atoms with Gasteiger partial charge in [0.05, 0.1) is 17.6 Å². The van der Waals surface area contributed by atoms with E-state index in [1.807, 2.05) is 0 Å². The summed E-state index contributed by atoms with van der Waals surface area (Å²) in [7, 11) is -1.95. The highest BCUT2D eigenvalue weighted by molar-refractivity contribution is 7.89. The molecule has 2 aliphatic rings. The molecule has 0 amide bonds. The minimum Gasteiger partial charge on any atom is -0.497 e. The molecular formula is C18H28N2O5S. The lowest BCUT2D eigenvalue weighted by Gasteiger charge is -2.43. The smallest absolute Gasteiger partial charge is 0.240 e. The molecule has 2 saturated heterocycles. The molecule has 3 rings (SSSR count). The van der Waals surface area contributed by atoms with Crippen LogP contribution in [0.1, 0.15) is 25.7 Å². The predicted molar refractivity (Wildman–Crippen MR) is 97.9 cm³/mol. The summed E-state index contributed by atoms with van der Waals surface area (Å²) in [6, 6.07) is 6.72. The van der Waals surface area contributed by atoms with Crippen molar-refractivity contribution >= 4 is 10.0 Å². The molecule has 8 heteroatoms. The number of sulfonamides is 1. The van der Waals surface area contributed by atoms with Gasteiger partial charge >= 0.3 is 0 Å². The summed E-state index contributed by atoms with van der Waals surface area (Å²) in [6.07, 6.45) is 3.79. The number of rotatable bonds is 7. The monoisotopic (exact) mass is 384 g/mol. The minimum absolute atomic E-state index is 0.0588. The Morgan fingerprint density at radius 2 is 1.88 bits per heavy atom. The van der Waals surface area contributed by atoms with Crippen molar-refractivity contribution < 1.29 is 22.6 Å². The highest BCUT2D eigenvalue weighted by Crippen LogP contribution is 2.34. The van der Waals surface area contributed by atoms with Gasteiger partial charge in [-0.1, -0.05) is 0 Å². The van der Waals surface area contributed by atoms with E-state index < -0.39 is 10.0 Å². The number of methoxy groups -OCH3 is 1. The van der Waals surface area contributed by atoms with E-state index in [9.17, 15) is 8.42 Å². The molecule has 0 radical (unpaired) electrons. The summed E-state index contributed by atoms with van der Waals surface area (Å²) in [6.45, 7) is 3.20. The van der Waals surface area contributed by atoms with Crippen LogP contribution in [0.5, 0.6) is 5.75 Å². The van der Waals surface area contributed by atoms with E-state index in [-0.39, 0.29) is 10.5 Å². The third-order valence-electron chi connectivity index (χ3n) is 5.12. The van der Waals surface area contributed by atoms with E-state index in [4.69, 9.17) is 14.2 Å². The molecule has 1 aromatic rings. The Bertz CT molecular complexity index is 666. The third kappa shape index (κ3) is 4.95. The Labute approximate surface area is 155 Å². The van der Waals surface area contributed by atoms with Crippen molar-refractivity contribution in [2.45, 2.75) is 42.2 Å². The van der Waals surface area contributed by atoms with Crippen molar-refractivity contribution in [2.24, 2.45) is 0 Å². The largest absolute Gasteiger partial charge is 0.497 e. The normalized spacial score (nSPS) is 23.0. The molecule has 2 heterocycles. The van der Waals surface area contributed by atoms with Crippen molar-refractivity contribution in [3.05, 3.63) is 24.3 Å². The van der Waals surface area contributed by atoms with Crippen molar-refractivity contribution in [3.8, 4) is 5.75 Å². The second-order valence-electron chi connectivity index (χ2n) is 6.86. The fourth-order valence-electron chi connectivity index (χ4n) is 3.59. The van der Waals surface area contributed by atoms with Crippen molar-refractivity contribution in [3.63, 3.8) is 0 Å². The lowest BCUT2D eigenvalue weighted by atomic mass is 9.84. The number of benzene rings is 1. The lowest BCUT2D eigenvalue weighted by Crippen LogP contribution is -2.50. The van der Waals surface area contributed by atoms with Crippen molar-refractivity contribution in [2.75, 3.05) is 40.0 Å². The summed E-state index contributed by atoms with van der Waals surface area (Å²) in [5, 5.41) is 3.47. The van der Waals surface area contributed by atoms with Crippen LogP contribution in [0.4, 0.5) is 0 Å². The van der Waals surface area contributed by atoms with Gasteiger partial charge in [-0.2, -0.15) is 0 Å². The van der Waals surface area contributed by atoms with Gasteiger partial charge < -0.3 is 19.5 Å². The average Bonchev–Trinajstić information content (AvgIpc) is 2.66. The summed E-state index contributed by atoms with van der Waals surface area (Å²) in [4.78, 5) is 0.241. The van der Waals surface area contributed by atoms with Gasteiger partial charge in [0, 0.05) is 39.0 Å².